The molecule has 0 amide bonds. The molecule has 7 heteroatoms. The Morgan fingerprint density at radius 2 is 2.10 bits per heavy atom. The second-order valence-electron chi connectivity index (χ2n) is 4.68. The highest BCUT2D eigenvalue weighted by atomic mass is 35.5. The first-order valence-corrected chi connectivity index (χ1v) is 6.97. The minimum absolute atomic E-state index is 0.0522. The highest BCUT2D eigenvalue weighted by molar-refractivity contribution is 6.28. The summed E-state index contributed by atoms with van der Waals surface area (Å²) in [6.45, 7) is 4.29. The van der Waals surface area contributed by atoms with Gasteiger partial charge >= 0.3 is 6.01 Å². The van der Waals surface area contributed by atoms with Crippen LogP contribution < -0.4 is 10.1 Å². The van der Waals surface area contributed by atoms with Crippen molar-refractivity contribution in [3.05, 3.63) is 40.9 Å². The van der Waals surface area contributed by atoms with E-state index >= 15 is 0 Å². The first-order valence-electron chi connectivity index (χ1n) is 6.59. The Hall–Kier alpha value is -1.95. The molecule has 1 aromatic heterocycles. The number of benzene rings is 1. The van der Waals surface area contributed by atoms with Crippen LogP contribution >= 0.6 is 11.6 Å². The van der Waals surface area contributed by atoms with Crippen LogP contribution in [-0.2, 0) is 6.42 Å². The van der Waals surface area contributed by atoms with Crippen LogP contribution in [0.25, 0.3) is 0 Å². The lowest BCUT2D eigenvalue weighted by Crippen LogP contribution is -2.13. The summed E-state index contributed by atoms with van der Waals surface area (Å²) < 4.78 is 18.4. The number of nitrogens with zero attached hydrogens (tertiary/aromatic N) is 3. The Bertz CT molecular complexity index is 609. The average molecular weight is 311 g/mol. The van der Waals surface area contributed by atoms with Gasteiger partial charge in [-0.25, -0.2) is 4.39 Å². The van der Waals surface area contributed by atoms with Gasteiger partial charge in [0.2, 0.25) is 11.2 Å². The van der Waals surface area contributed by atoms with E-state index in [1.807, 2.05) is 19.9 Å². The van der Waals surface area contributed by atoms with E-state index in [1.165, 1.54) is 12.1 Å². The molecule has 1 heterocycles. The van der Waals surface area contributed by atoms with Crippen molar-refractivity contribution in [1.82, 2.24) is 15.0 Å². The fraction of sp³-hybridized carbons (Fsp3) is 0.357. The highest BCUT2D eigenvalue weighted by Gasteiger charge is 2.07. The van der Waals surface area contributed by atoms with Gasteiger partial charge in [0.05, 0.1) is 6.10 Å². The molecule has 0 unspecified atom stereocenters. The highest BCUT2D eigenvalue weighted by Crippen LogP contribution is 2.13. The number of rotatable bonds is 6. The Kier molecular flexibility index (Phi) is 5.27. The van der Waals surface area contributed by atoms with Crippen molar-refractivity contribution in [3.63, 3.8) is 0 Å². The molecule has 0 fully saturated rings. The molecule has 2 rings (SSSR count). The molecule has 0 bridgehead atoms. The topological polar surface area (TPSA) is 59.9 Å². The number of anilines is 1. The molecule has 0 atom stereocenters. The van der Waals surface area contributed by atoms with E-state index in [4.69, 9.17) is 16.3 Å². The molecular formula is C14H16ClFN4O. The molecule has 0 aliphatic rings. The smallest absolute Gasteiger partial charge is 0.322 e. The summed E-state index contributed by atoms with van der Waals surface area (Å²) in [6.07, 6.45) is 0.588. The molecule has 2 aromatic rings. The van der Waals surface area contributed by atoms with E-state index in [1.54, 1.807) is 6.07 Å². The van der Waals surface area contributed by atoms with Crippen LogP contribution in [-0.4, -0.2) is 27.6 Å². The zero-order chi connectivity index (χ0) is 15.2. The van der Waals surface area contributed by atoms with Gasteiger partial charge in [0, 0.05) is 6.54 Å². The third-order valence-electron chi connectivity index (χ3n) is 2.51. The second kappa shape index (κ2) is 7.17. The van der Waals surface area contributed by atoms with Crippen molar-refractivity contribution < 1.29 is 9.13 Å². The monoisotopic (exact) mass is 310 g/mol. The summed E-state index contributed by atoms with van der Waals surface area (Å²) in [5, 5.41) is 3.08. The molecule has 0 saturated carbocycles. The molecule has 0 saturated heterocycles. The van der Waals surface area contributed by atoms with Crippen molar-refractivity contribution in [2.45, 2.75) is 26.4 Å². The fourth-order valence-electron chi connectivity index (χ4n) is 1.69. The number of hydrogen-bond donors (Lipinski definition) is 1. The predicted molar refractivity (Wildman–Crippen MR) is 79.2 cm³/mol. The summed E-state index contributed by atoms with van der Waals surface area (Å²) >= 11 is 5.82. The zero-order valence-corrected chi connectivity index (χ0v) is 12.6. The van der Waals surface area contributed by atoms with Crippen molar-refractivity contribution >= 4 is 17.5 Å². The summed E-state index contributed by atoms with van der Waals surface area (Å²) in [7, 11) is 0. The first-order chi connectivity index (χ1) is 10.0. The van der Waals surface area contributed by atoms with Crippen molar-refractivity contribution in [2.75, 3.05) is 11.9 Å². The number of ether oxygens (including phenoxy) is 1. The van der Waals surface area contributed by atoms with Gasteiger partial charge in [-0.1, -0.05) is 12.1 Å². The van der Waals surface area contributed by atoms with E-state index < -0.39 is 0 Å². The van der Waals surface area contributed by atoms with Crippen molar-refractivity contribution in [1.29, 1.82) is 0 Å². The Labute approximate surface area is 127 Å². The summed E-state index contributed by atoms with van der Waals surface area (Å²) in [5.41, 5.74) is 0.890. The largest absolute Gasteiger partial charge is 0.461 e. The maximum atomic E-state index is 13.1. The Balaban J connectivity index is 1.95. The van der Waals surface area contributed by atoms with E-state index in [2.05, 4.69) is 20.3 Å². The van der Waals surface area contributed by atoms with Crippen molar-refractivity contribution in [3.8, 4) is 6.01 Å². The predicted octanol–water partition coefficient (Wildman–Crippen LogP) is 3.11. The van der Waals surface area contributed by atoms with E-state index in [0.717, 1.165) is 5.56 Å². The van der Waals surface area contributed by atoms with Crippen LogP contribution in [0.15, 0.2) is 24.3 Å². The minimum Gasteiger partial charge on any atom is -0.461 e. The third-order valence-corrected chi connectivity index (χ3v) is 2.68. The van der Waals surface area contributed by atoms with E-state index in [9.17, 15) is 4.39 Å². The number of aromatic nitrogens is 3. The molecule has 112 valence electrons. The summed E-state index contributed by atoms with van der Waals surface area (Å²) in [4.78, 5) is 12.0. The number of hydrogen-bond acceptors (Lipinski definition) is 5. The van der Waals surface area contributed by atoms with Gasteiger partial charge in [-0.3, -0.25) is 0 Å². The first kappa shape index (κ1) is 15.4. The minimum atomic E-state index is -0.247. The van der Waals surface area contributed by atoms with Gasteiger partial charge in [0.1, 0.15) is 5.82 Å². The van der Waals surface area contributed by atoms with Crippen LogP contribution in [0.2, 0.25) is 5.28 Å². The molecule has 21 heavy (non-hydrogen) atoms. The molecule has 0 aliphatic carbocycles. The van der Waals surface area contributed by atoms with Crippen LogP contribution in [0, 0.1) is 5.82 Å². The lowest BCUT2D eigenvalue weighted by atomic mass is 10.1. The Morgan fingerprint density at radius 3 is 2.81 bits per heavy atom. The molecule has 1 aromatic carbocycles. The Morgan fingerprint density at radius 1 is 1.29 bits per heavy atom. The SMILES string of the molecule is CC(C)Oc1nc(Cl)nc(NCCc2cccc(F)c2)n1. The molecule has 5 nitrogen and oxygen atoms in total. The lowest BCUT2D eigenvalue weighted by molar-refractivity contribution is 0.222. The van der Waals surface area contributed by atoms with Gasteiger partial charge in [0.25, 0.3) is 0 Å². The fourth-order valence-corrected chi connectivity index (χ4v) is 1.84. The van der Waals surface area contributed by atoms with E-state index in [0.29, 0.717) is 18.9 Å². The third kappa shape index (κ3) is 5.15. The average Bonchev–Trinajstić information content (AvgIpc) is 2.37. The number of halogens is 2. The number of nitrogens with one attached hydrogen (secondary N) is 1. The van der Waals surface area contributed by atoms with Crippen LogP contribution in [0.3, 0.4) is 0 Å². The van der Waals surface area contributed by atoms with Gasteiger partial charge in [0.15, 0.2) is 0 Å². The van der Waals surface area contributed by atoms with Crippen LogP contribution in [0.4, 0.5) is 10.3 Å². The quantitative estimate of drug-likeness (QED) is 0.888. The lowest BCUT2D eigenvalue weighted by Gasteiger charge is -2.09. The standard InChI is InChI=1S/C14H16ClFN4O/c1-9(2)21-14-19-12(15)18-13(20-14)17-7-6-10-4-3-5-11(16)8-10/h3-5,8-9H,6-7H2,1-2H3,(H,17,18,19,20). The van der Waals surface area contributed by atoms with Gasteiger partial charge < -0.3 is 10.1 Å². The molecule has 1 N–H and O–H groups in total. The summed E-state index contributed by atoms with van der Waals surface area (Å²) in [5.74, 6) is 0.0883. The molecule has 0 aliphatic heterocycles. The van der Waals surface area contributed by atoms with Gasteiger partial charge in [-0.05, 0) is 49.6 Å². The van der Waals surface area contributed by atoms with Gasteiger partial charge in [-0.2, -0.15) is 15.0 Å². The normalized spacial score (nSPS) is 10.7. The molecule has 0 radical (unpaired) electrons. The van der Waals surface area contributed by atoms with Crippen molar-refractivity contribution in [2.24, 2.45) is 0 Å². The second-order valence-corrected chi connectivity index (χ2v) is 5.02. The van der Waals surface area contributed by atoms with Crippen LogP contribution in [0.5, 0.6) is 6.01 Å². The molecule has 0 spiro atoms. The summed E-state index contributed by atoms with van der Waals surface area (Å²) in [6, 6.07) is 6.63. The van der Waals surface area contributed by atoms with E-state index in [-0.39, 0.29) is 23.2 Å². The maximum absolute atomic E-state index is 13.1. The van der Waals surface area contributed by atoms with Crippen LogP contribution in [0.1, 0.15) is 19.4 Å². The molecular weight excluding hydrogens is 295 g/mol. The zero-order valence-electron chi connectivity index (χ0n) is 11.8. The van der Waals surface area contributed by atoms with Gasteiger partial charge in [-0.15, -0.1) is 0 Å². The maximum Gasteiger partial charge on any atom is 0.322 e.